The van der Waals surface area contributed by atoms with Crippen LogP contribution in [0.1, 0.15) is 31.2 Å². The van der Waals surface area contributed by atoms with Gasteiger partial charge in [0.05, 0.1) is 0 Å². The first-order valence-electron chi connectivity index (χ1n) is 7.89. The number of benzene rings is 2. The maximum Gasteiger partial charge on any atom is 0.255 e. The number of rotatable bonds is 6. The Labute approximate surface area is 142 Å². The third-order valence-electron chi connectivity index (χ3n) is 4.29. The van der Waals surface area contributed by atoms with Gasteiger partial charge in [0.25, 0.3) is 5.91 Å². The molecule has 124 valence electrons. The summed E-state index contributed by atoms with van der Waals surface area (Å²) in [5.74, 6) is 0.283. The largest absolute Gasteiger partial charge is 0.483 e. The summed E-state index contributed by atoms with van der Waals surface area (Å²) in [5.41, 5.74) is 6.30. The first-order chi connectivity index (χ1) is 10.7. The average molecular weight is 335 g/mol. The van der Waals surface area contributed by atoms with E-state index in [1.54, 1.807) is 0 Å². The number of nitrogens with one attached hydrogen (secondary N) is 1. The molecule has 0 radical (unpaired) electrons. The standard InChI is InChI=1S/C18H22N2O2.ClH/c19-18(21)12-22-17-10-9-13-5-1-4-8-15(13)16(17)11-20-14-6-2-3-7-14;/h1,4-5,8-10,14,20H,2-3,6-7,11-12H2,(H2,19,21);1H. The van der Waals surface area contributed by atoms with Crippen LogP contribution in [0.25, 0.3) is 10.8 Å². The maximum atomic E-state index is 11.0. The van der Waals surface area contributed by atoms with Gasteiger partial charge in [-0.1, -0.05) is 43.2 Å². The van der Waals surface area contributed by atoms with Crippen molar-refractivity contribution in [3.05, 3.63) is 42.0 Å². The van der Waals surface area contributed by atoms with Gasteiger partial charge < -0.3 is 15.8 Å². The minimum atomic E-state index is -0.456. The summed E-state index contributed by atoms with van der Waals surface area (Å²) in [6, 6.07) is 12.8. The highest BCUT2D eigenvalue weighted by Crippen LogP contribution is 2.29. The number of hydrogen-bond donors (Lipinski definition) is 2. The van der Waals surface area contributed by atoms with Crippen molar-refractivity contribution in [3.63, 3.8) is 0 Å². The van der Waals surface area contributed by atoms with Crippen LogP contribution in [0.15, 0.2) is 36.4 Å². The van der Waals surface area contributed by atoms with Crippen molar-refractivity contribution in [3.8, 4) is 5.75 Å². The Kier molecular flexibility index (Phi) is 6.25. The highest BCUT2D eigenvalue weighted by atomic mass is 35.5. The molecule has 5 heteroatoms. The van der Waals surface area contributed by atoms with Crippen molar-refractivity contribution in [2.75, 3.05) is 6.61 Å². The number of carbonyl (C=O) groups is 1. The maximum absolute atomic E-state index is 11.0. The molecule has 0 aromatic heterocycles. The Morgan fingerprint density at radius 3 is 2.65 bits per heavy atom. The van der Waals surface area contributed by atoms with Crippen molar-refractivity contribution in [1.82, 2.24) is 5.32 Å². The van der Waals surface area contributed by atoms with Gasteiger partial charge in [-0.05, 0) is 29.7 Å². The second-order valence-corrected chi connectivity index (χ2v) is 5.88. The van der Waals surface area contributed by atoms with Gasteiger partial charge in [0.15, 0.2) is 6.61 Å². The summed E-state index contributed by atoms with van der Waals surface area (Å²) in [4.78, 5) is 11.0. The number of ether oxygens (including phenoxy) is 1. The molecule has 0 atom stereocenters. The fraction of sp³-hybridized carbons (Fsp3) is 0.389. The molecule has 1 amide bonds. The van der Waals surface area contributed by atoms with Crippen LogP contribution in [0.5, 0.6) is 5.75 Å². The topological polar surface area (TPSA) is 64.4 Å². The minimum Gasteiger partial charge on any atom is -0.483 e. The van der Waals surface area contributed by atoms with E-state index in [4.69, 9.17) is 10.5 Å². The molecule has 3 N–H and O–H groups in total. The highest BCUT2D eigenvalue weighted by molar-refractivity contribution is 5.88. The summed E-state index contributed by atoms with van der Waals surface area (Å²) in [6.45, 7) is 0.662. The Hall–Kier alpha value is -1.78. The molecule has 0 aliphatic heterocycles. The molecule has 2 aromatic rings. The predicted molar refractivity (Wildman–Crippen MR) is 95.0 cm³/mol. The van der Waals surface area contributed by atoms with Crippen molar-refractivity contribution < 1.29 is 9.53 Å². The van der Waals surface area contributed by atoms with Crippen molar-refractivity contribution in [2.24, 2.45) is 5.73 Å². The van der Waals surface area contributed by atoms with Gasteiger partial charge in [-0.3, -0.25) is 4.79 Å². The summed E-state index contributed by atoms with van der Waals surface area (Å²) in [5, 5.41) is 5.96. The zero-order valence-electron chi connectivity index (χ0n) is 13.1. The van der Waals surface area contributed by atoms with E-state index in [1.165, 1.54) is 31.1 Å². The normalized spacial score (nSPS) is 14.6. The van der Waals surface area contributed by atoms with E-state index in [2.05, 4.69) is 17.4 Å². The van der Waals surface area contributed by atoms with Gasteiger partial charge >= 0.3 is 0 Å². The molecule has 4 nitrogen and oxygen atoms in total. The number of hydrogen-bond acceptors (Lipinski definition) is 3. The van der Waals surface area contributed by atoms with Crippen LogP contribution in [-0.4, -0.2) is 18.6 Å². The predicted octanol–water partition coefficient (Wildman–Crippen LogP) is 3.16. The number of nitrogens with two attached hydrogens (primary N) is 1. The van der Waals surface area contributed by atoms with Crippen molar-refractivity contribution >= 4 is 29.1 Å². The quantitative estimate of drug-likeness (QED) is 0.853. The Morgan fingerprint density at radius 1 is 1.17 bits per heavy atom. The van der Waals surface area contributed by atoms with E-state index in [1.807, 2.05) is 24.3 Å². The van der Waals surface area contributed by atoms with Crippen LogP contribution in [0.3, 0.4) is 0 Å². The van der Waals surface area contributed by atoms with Crippen LogP contribution in [0.4, 0.5) is 0 Å². The molecule has 1 aliphatic rings. The third-order valence-corrected chi connectivity index (χ3v) is 4.29. The highest BCUT2D eigenvalue weighted by Gasteiger charge is 2.16. The van der Waals surface area contributed by atoms with Gasteiger partial charge in [-0.15, -0.1) is 12.4 Å². The Morgan fingerprint density at radius 2 is 1.91 bits per heavy atom. The minimum absolute atomic E-state index is 0. The molecule has 0 saturated heterocycles. The van der Waals surface area contributed by atoms with E-state index >= 15 is 0 Å². The van der Waals surface area contributed by atoms with Crippen LogP contribution < -0.4 is 15.8 Å². The summed E-state index contributed by atoms with van der Waals surface area (Å²) in [7, 11) is 0. The number of carbonyl (C=O) groups excluding carboxylic acids is 1. The molecule has 1 aliphatic carbocycles. The second-order valence-electron chi connectivity index (χ2n) is 5.88. The molecule has 3 rings (SSSR count). The van der Waals surface area contributed by atoms with Gasteiger partial charge in [-0.2, -0.15) is 0 Å². The SMILES string of the molecule is Cl.NC(=O)COc1ccc2ccccc2c1CNC1CCCC1. The first kappa shape index (κ1) is 17.6. The van der Waals surface area contributed by atoms with Gasteiger partial charge in [0.2, 0.25) is 0 Å². The molecule has 1 saturated carbocycles. The second kappa shape index (κ2) is 8.18. The summed E-state index contributed by atoms with van der Waals surface area (Å²) < 4.78 is 5.61. The molecule has 0 unspecified atom stereocenters. The molecule has 2 aromatic carbocycles. The Bertz CT molecular complexity index is 669. The fourth-order valence-electron chi connectivity index (χ4n) is 3.16. The van der Waals surface area contributed by atoms with Gasteiger partial charge in [-0.25, -0.2) is 0 Å². The number of halogens is 1. The van der Waals surface area contributed by atoms with E-state index in [0.29, 0.717) is 6.04 Å². The zero-order chi connectivity index (χ0) is 15.4. The molecule has 0 bridgehead atoms. The van der Waals surface area contributed by atoms with Gasteiger partial charge in [0, 0.05) is 18.2 Å². The monoisotopic (exact) mass is 334 g/mol. The van der Waals surface area contributed by atoms with E-state index in [9.17, 15) is 4.79 Å². The molecular weight excluding hydrogens is 312 g/mol. The number of amides is 1. The number of fused-ring (bicyclic) bond motifs is 1. The van der Waals surface area contributed by atoms with Crippen LogP contribution in [0.2, 0.25) is 0 Å². The lowest BCUT2D eigenvalue weighted by Gasteiger charge is -2.17. The lowest BCUT2D eigenvalue weighted by Crippen LogP contribution is -2.26. The van der Waals surface area contributed by atoms with E-state index in [0.717, 1.165) is 23.2 Å². The fourth-order valence-corrected chi connectivity index (χ4v) is 3.16. The lowest BCUT2D eigenvalue weighted by atomic mass is 10.0. The summed E-state index contributed by atoms with van der Waals surface area (Å²) >= 11 is 0. The lowest BCUT2D eigenvalue weighted by molar-refractivity contribution is -0.119. The van der Waals surface area contributed by atoms with Crippen LogP contribution in [0, 0.1) is 0 Å². The molecule has 0 heterocycles. The summed E-state index contributed by atoms with van der Waals surface area (Å²) in [6.07, 6.45) is 5.08. The smallest absolute Gasteiger partial charge is 0.255 e. The third kappa shape index (κ3) is 4.36. The molecule has 1 fully saturated rings. The van der Waals surface area contributed by atoms with Crippen molar-refractivity contribution in [1.29, 1.82) is 0 Å². The average Bonchev–Trinajstić information content (AvgIpc) is 3.04. The zero-order valence-corrected chi connectivity index (χ0v) is 13.9. The van der Waals surface area contributed by atoms with E-state index in [-0.39, 0.29) is 19.0 Å². The van der Waals surface area contributed by atoms with E-state index < -0.39 is 5.91 Å². The van der Waals surface area contributed by atoms with Crippen molar-refractivity contribution in [2.45, 2.75) is 38.3 Å². The first-order valence-corrected chi connectivity index (χ1v) is 7.89. The molecule has 0 spiro atoms. The number of primary amides is 1. The van der Waals surface area contributed by atoms with Gasteiger partial charge in [0.1, 0.15) is 5.75 Å². The molecule has 23 heavy (non-hydrogen) atoms. The Balaban J connectivity index is 0.00000192. The van der Waals surface area contributed by atoms with Crippen LogP contribution in [-0.2, 0) is 11.3 Å². The molecular formula is C18H23ClN2O2. The van der Waals surface area contributed by atoms with Crippen LogP contribution >= 0.6 is 12.4 Å².